The summed E-state index contributed by atoms with van der Waals surface area (Å²) in [5.74, 6) is 4.57. The number of likely N-dealkylation sites (N-methyl/N-ethyl adjacent to an activating group) is 1. The fraction of sp³-hybridized carbons (Fsp3) is 0.400. The van der Waals surface area contributed by atoms with E-state index >= 15 is 0 Å². The van der Waals surface area contributed by atoms with Crippen LogP contribution in [0.1, 0.15) is 59.7 Å². The van der Waals surface area contributed by atoms with Crippen LogP contribution >= 0.6 is 0 Å². The number of hydrogen-bond donors (Lipinski definition) is 1. The molecule has 1 aliphatic heterocycles. The molecule has 0 amide bonds. The highest BCUT2D eigenvalue weighted by atomic mass is 16.5. The molecule has 4 aromatic carbocycles. The molecule has 1 heterocycles. The third-order valence-electron chi connectivity index (χ3n) is 10.6. The fourth-order valence-electron chi connectivity index (χ4n) is 7.50. The first-order chi connectivity index (χ1) is 22.7. The number of aromatic hydroxyl groups is 1. The predicted molar refractivity (Wildman–Crippen MR) is 185 cm³/mol. The van der Waals surface area contributed by atoms with E-state index < -0.39 is 0 Å². The summed E-state index contributed by atoms with van der Waals surface area (Å²) in [5, 5.41) is 11.0. The Morgan fingerprint density at radius 2 is 1.40 bits per heavy atom. The number of benzene rings is 4. The predicted octanol–water partition coefficient (Wildman–Crippen LogP) is 8.07. The Morgan fingerprint density at radius 1 is 0.745 bits per heavy atom. The van der Waals surface area contributed by atoms with E-state index in [1.54, 1.807) is 34.5 Å². The SMILES string of the molecule is COc1ccc(C[C@]2(C)c3cc(Oc4cc(C[C@@H]5c6cc(OC)c(OC)cc6CCN5C)ccc4O)c(OC)cc3CC[C@H]2C)cc1. The van der Waals surface area contributed by atoms with Crippen molar-refractivity contribution in [3.05, 3.63) is 100 Å². The standard InChI is InChI=1S/C40H47NO6/c1-25-8-12-29-21-37(45-6)39(23-32(29)40(25,2)24-26-9-13-30(43-4)14-10-26)47-35-19-27(11-15-34(35)42)18-33-31-22-38(46-7)36(44-5)20-28(31)16-17-41(33)3/h9-11,13-15,19-23,25,33,42H,8,12,16-18,24H2,1-7H3/t25-,33-,40+/m1/s1. The maximum Gasteiger partial charge on any atom is 0.169 e. The number of ether oxygens (including phenoxy) is 5. The van der Waals surface area contributed by atoms with E-state index in [9.17, 15) is 5.11 Å². The van der Waals surface area contributed by atoms with E-state index in [1.165, 1.54) is 27.8 Å². The van der Waals surface area contributed by atoms with Gasteiger partial charge >= 0.3 is 0 Å². The van der Waals surface area contributed by atoms with Crippen molar-refractivity contribution in [3.63, 3.8) is 0 Å². The molecule has 0 fully saturated rings. The Balaban J connectivity index is 1.32. The highest BCUT2D eigenvalue weighted by Gasteiger charge is 2.39. The zero-order chi connectivity index (χ0) is 33.3. The molecule has 2 aliphatic rings. The molecule has 1 N–H and O–H groups in total. The molecule has 1 aliphatic carbocycles. The lowest BCUT2D eigenvalue weighted by molar-refractivity contribution is 0.227. The number of rotatable bonds is 10. The molecule has 0 unspecified atom stereocenters. The van der Waals surface area contributed by atoms with Crippen LogP contribution in [0.4, 0.5) is 0 Å². The van der Waals surface area contributed by atoms with Gasteiger partial charge in [0.15, 0.2) is 34.5 Å². The Kier molecular flexibility index (Phi) is 9.29. The molecule has 248 valence electrons. The lowest BCUT2D eigenvalue weighted by atomic mass is 9.62. The summed E-state index contributed by atoms with van der Waals surface area (Å²) in [5.41, 5.74) is 7.27. The lowest BCUT2D eigenvalue weighted by Crippen LogP contribution is -2.37. The van der Waals surface area contributed by atoms with Crippen LogP contribution in [0.3, 0.4) is 0 Å². The van der Waals surface area contributed by atoms with Crippen LogP contribution in [-0.2, 0) is 31.1 Å². The number of methoxy groups -OCH3 is 4. The third-order valence-corrected chi connectivity index (χ3v) is 10.6. The molecule has 7 nitrogen and oxygen atoms in total. The molecule has 7 heteroatoms. The molecular formula is C40H47NO6. The van der Waals surface area contributed by atoms with Crippen LogP contribution in [-0.4, -0.2) is 52.0 Å². The van der Waals surface area contributed by atoms with Gasteiger partial charge in [0, 0.05) is 12.6 Å². The summed E-state index contributed by atoms with van der Waals surface area (Å²) in [6.07, 6.45) is 4.67. The van der Waals surface area contributed by atoms with Gasteiger partial charge in [-0.05, 0) is 132 Å². The van der Waals surface area contributed by atoms with Crippen LogP contribution in [0.2, 0.25) is 0 Å². The van der Waals surface area contributed by atoms with Crippen molar-refractivity contribution in [1.29, 1.82) is 0 Å². The average Bonchev–Trinajstić information content (AvgIpc) is 3.09. The Bertz CT molecular complexity index is 1730. The van der Waals surface area contributed by atoms with Crippen LogP contribution < -0.4 is 23.7 Å². The molecule has 0 spiro atoms. The second-order valence-electron chi connectivity index (χ2n) is 13.3. The molecule has 0 saturated carbocycles. The molecule has 3 atom stereocenters. The van der Waals surface area contributed by atoms with Gasteiger partial charge in [-0.1, -0.05) is 32.0 Å². The summed E-state index contributed by atoms with van der Waals surface area (Å²) in [7, 11) is 8.87. The fourth-order valence-corrected chi connectivity index (χ4v) is 7.50. The molecule has 0 radical (unpaired) electrons. The summed E-state index contributed by atoms with van der Waals surface area (Å²) >= 11 is 0. The first-order valence-electron chi connectivity index (χ1n) is 16.5. The number of nitrogens with zero attached hydrogens (tertiary/aromatic N) is 1. The topological polar surface area (TPSA) is 69.6 Å². The van der Waals surface area contributed by atoms with Gasteiger partial charge in [0.25, 0.3) is 0 Å². The zero-order valence-electron chi connectivity index (χ0n) is 28.7. The van der Waals surface area contributed by atoms with Gasteiger partial charge in [-0.2, -0.15) is 0 Å². The Labute approximate surface area is 279 Å². The van der Waals surface area contributed by atoms with Gasteiger partial charge in [-0.25, -0.2) is 0 Å². The quantitative estimate of drug-likeness (QED) is 0.189. The van der Waals surface area contributed by atoms with Gasteiger partial charge in [0.2, 0.25) is 0 Å². The minimum absolute atomic E-state index is 0.0895. The molecule has 0 aromatic heterocycles. The van der Waals surface area contributed by atoms with Gasteiger partial charge in [0.1, 0.15) is 5.75 Å². The molecule has 0 bridgehead atoms. The van der Waals surface area contributed by atoms with Gasteiger partial charge in [0.05, 0.1) is 28.4 Å². The van der Waals surface area contributed by atoms with Gasteiger partial charge in [-0.15, -0.1) is 0 Å². The van der Waals surface area contributed by atoms with Crippen molar-refractivity contribution in [2.45, 2.75) is 57.4 Å². The number of aryl methyl sites for hydroxylation is 1. The summed E-state index contributed by atoms with van der Waals surface area (Å²) in [4.78, 5) is 2.37. The Hall–Kier alpha value is -4.36. The van der Waals surface area contributed by atoms with Crippen molar-refractivity contribution in [2.24, 2.45) is 5.92 Å². The lowest BCUT2D eigenvalue weighted by Gasteiger charge is -2.42. The van der Waals surface area contributed by atoms with E-state index in [0.717, 1.165) is 61.5 Å². The number of fused-ring (bicyclic) bond motifs is 2. The van der Waals surface area contributed by atoms with Crippen molar-refractivity contribution < 1.29 is 28.8 Å². The normalized spacial score (nSPS) is 20.6. The maximum absolute atomic E-state index is 11.0. The maximum atomic E-state index is 11.0. The van der Waals surface area contributed by atoms with Crippen LogP contribution in [0.5, 0.6) is 40.2 Å². The second-order valence-corrected chi connectivity index (χ2v) is 13.3. The average molecular weight is 638 g/mol. The smallest absolute Gasteiger partial charge is 0.169 e. The highest BCUT2D eigenvalue weighted by Crippen LogP contribution is 2.49. The van der Waals surface area contributed by atoms with E-state index in [2.05, 4.69) is 62.2 Å². The van der Waals surface area contributed by atoms with E-state index in [4.69, 9.17) is 23.7 Å². The summed E-state index contributed by atoms with van der Waals surface area (Å²) < 4.78 is 29.0. The monoisotopic (exact) mass is 637 g/mol. The highest BCUT2D eigenvalue weighted by molar-refractivity contribution is 5.55. The van der Waals surface area contributed by atoms with Crippen molar-refractivity contribution >= 4 is 0 Å². The summed E-state index contributed by atoms with van der Waals surface area (Å²) in [6.45, 7) is 5.64. The molecular weight excluding hydrogens is 590 g/mol. The number of phenols is 1. The molecule has 6 rings (SSSR count). The van der Waals surface area contributed by atoms with Crippen molar-refractivity contribution in [2.75, 3.05) is 42.0 Å². The van der Waals surface area contributed by atoms with Crippen molar-refractivity contribution in [3.8, 4) is 40.2 Å². The first kappa shape index (κ1) is 32.6. The van der Waals surface area contributed by atoms with E-state index in [0.29, 0.717) is 23.2 Å². The largest absolute Gasteiger partial charge is 0.504 e. The van der Waals surface area contributed by atoms with E-state index in [-0.39, 0.29) is 17.2 Å². The van der Waals surface area contributed by atoms with Crippen LogP contribution in [0.15, 0.2) is 66.7 Å². The first-order valence-corrected chi connectivity index (χ1v) is 16.5. The van der Waals surface area contributed by atoms with Crippen molar-refractivity contribution in [1.82, 2.24) is 4.90 Å². The van der Waals surface area contributed by atoms with Gasteiger partial charge in [-0.3, -0.25) is 4.90 Å². The van der Waals surface area contributed by atoms with Crippen LogP contribution in [0.25, 0.3) is 0 Å². The number of hydrogen-bond acceptors (Lipinski definition) is 7. The van der Waals surface area contributed by atoms with Gasteiger partial charge < -0.3 is 28.8 Å². The second kappa shape index (κ2) is 13.4. The van der Waals surface area contributed by atoms with E-state index in [1.807, 2.05) is 24.3 Å². The molecule has 0 saturated heterocycles. The van der Waals surface area contributed by atoms with Crippen LogP contribution in [0, 0.1) is 5.92 Å². The Morgan fingerprint density at radius 3 is 2.11 bits per heavy atom. The zero-order valence-corrected chi connectivity index (χ0v) is 28.7. The summed E-state index contributed by atoms with van der Waals surface area (Å²) in [6, 6.07) is 22.6. The molecule has 47 heavy (non-hydrogen) atoms. The minimum Gasteiger partial charge on any atom is -0.504 e. The molecule has 4 aromatic rings. The minimum atomic E-state index is -0.112. The third kappa shape index (κ3) is 6.33. The number of phenolic OH excluding ortho intramolecular Hbond substituents is 1.